The Morgan fingerprint density at radius 3 is 2.22 bits per heavy atom. The van der Waals surface area contributed by atoms with Crippen LogP contribution < -0.4 is 0 Å². The molecule has 0 heteroatoms. The maximum atomic E-state index is 3.94. The molecule has 0 heterocycles. The quantitative estimate of drug-likeness (QED) is 0.502. The fourth-order valence-corrected chi connectivity index (χ4v) is 2.67. The molecule has 0 aliphatic carbocycles. The summed E-state index contributed by atoms with van der Waals surface area (Å²) < 4.78 is 0. The number of hydrogen-bond donors (Lipinski definition) is 0. The molecule has 0 unspecified atom stereocenters. The van der Waals surface area contributed by atoms with Gasteiger partial charge in [-0.2, -0.15) is 0 Å². The van der Waals surface area contributed by atoms with E-state index < -0.39 is 0 Å². The van der Waals surface area contributed by atoms with Crippen molar-refractivity contribution in [2.75, 3.05) is 0 Å². The maximum absolute atomic E-state index is 3.94. The zero-order chi connectivity index (χ0) is 12.7. The SMILES string of the molecule is C=Cc1cccc2ccc3ccc(C)c(C)c3c12. The molecule has 0 fully saturated rings. The van der Waals surface area contributed by atoms with Crippen molar-refractivity contribution in [3.63, 3.8) is 0 Å². The lowest BCUT2D eigenvalue weighted by Crippen LogP contribution is -1.87. The Morgan fingerprint density at radius 1 is 0.833 bits per heavy atom. The molecule has 0 aliphatic heterocycles. The van der Waals surface area contributed by atoms with Gasteiger partial charge < -0.3 is 0 Å². The molecule has 0 aromatic heterocycles. The minimum absolute atomic E-state index is 1.21. The maximum Gasteiger partial charge on any atom is -0.00303 e. The molecule has 18 heavy (non-hydrogen) atoms. The van der Waals surface area contributed by atoms with Crippen molar-refractivity contribution in [2.45, 2.75) is 13.8 Å². The summed E-state index contributed by atoms with van der Waals surface area (Å²) in [6, 6.07) is 15.2. The first kappa shape index (κ1) is 11.0. The molecule has 3 aromatic rings. The highest BCUT2D eigenvalue weighted by Crippen LogP contribution is 2.32. The van der Waals surface area contributed by atoms with E-state index in [1.165, 1.54) is 38.2 Å². The fraction of sp³-hybridized carbons (Fsp3) is 0.111. The van der Waals surface area contributed by atoms with Crippen LogP contribution in [0.4, 0.5) is 0 Å². The van der Waals surface area contributed by atoms with E-state index in [0.717, 1.165) is 0 Å². The van der Waals surface area contributed by atoms with Crippen LogP contribution in [0.25, 0.3) is 27.6 Å². The summed E-state index contributed by atoms with van der Waals surface area (Å²) in [6.45, 7) is 8.32. The monoisotopic (exact) mass is 232 g/mol. The Labute approximate surface area is 108 Å². The van der Waals surface area contributed by atoms with Gasteiger partial charge in [0.15, 0.2) is 0 Å². The Morgan fingerprint density at radius 2 is 1.50 bits per heavy atom. The summed E-state index contributed by atoms with van der Waals surface area (Å²) in [5.74, 6) is 0. The number of hydrogen-bond acceptors (Lipinski definition) is 0. The van der Waals surface area contributed by atoms with Crippen LogP contribution in [0.1, 0.15) is 16.7 Å². The number of fused-ring (bicyclic) bond motifs is 3. The smallest absolute Gasteiger partial charge is 0.00303 e. The second-order valence-corrected chi connectivity index (χ2v) is 4.82. The van der Waals surface area contributed by atoms with Crippen LogP contribution >= 0.6 is 0 Å². The van der Waals surface area contributed by atoms with Gasteiger partial charge in [0.1, 0.15) is 0 Å². The Bertz CT molecular complexity index is 764. The number of aryl methyl sites for hydroxylation is 2. The molecule has 0 aliphatic rings. The highest BCUT2D eigenvalue weighted by molar-refractivity contribution is 6.12. The van der Waals surface area contributed by atoms with E-state index in [-0.39, 0.29) is 0 Å². The lowest BCUT2D eigenvalue weighted by atomic mass is 9.93. The lowest BCUT2D eigenvalue weighted by Gasteiger charge is -2.11. The van der Waals surface area contributed by atoms with E-state index in [4.69, 9.17) is 0 Å². The van der Waals surface area contributed by atoms with E-state index >= 15 is 0 Å². The van der Waals surface area contributed by atoms with Crippen LogP contribution in [0.2, 0.25) is 0 Å². The molecular weight excluding hydrogens is 216 g/mol. The molecule has 0 spiro atoms. The number of benzene rings is 3. The standard InChI is InChI=1S/C18H16/c1-4-14-6-5-7-15-10-11-16-9-8-12(2)13(3)17(16)18(14)15/h4-11H,1H2,2-3H3. The van der Waals surface area contributed by atoms with Crippen LogP contribution in [0.5, 0.6) is 0 Å². The topological polar surface area (TPSA) is 0 Å². The third kappa shape index (κ3) is 1.46. The highest BCUT2D eigenvalue weighted by atomic mass is 14.1. The second-order valence-electron chi connectivity index (χ2n) is 4.82. The highest BCUT2D eigenvalue weighted by Gasteiger charge is 2.07. The largest absolute Gasteiger partial charge is 0.0984 e. The summed E-state index contributed by atoms with van der Waals surface area (Å²) in [6.07, 6.45) is 1.95. The molecular formula is C18H16. The van der Waals surface area contributed by atoms with Crippen LogP contribution in [0.3, 0.4) is 0 Å². The van der Waals surface area contributed by atoms with E-state index in [1.807, 2.05) is 6.08 Å². The second kappa shape index (κ2) is 3.99. The van der Waals surface area contributed by atoms with Crippen molar-refractivity contribution in [2.24, 2.45) is 0 Å². The molecule has 0 saturated carbocycles. The third-order valence-corrected chi connectivity index (χ3v) is 3.81. The van der Waals surface area contributed by atoms with Gasteiger partial charge in [-0.15, -0.1) is 0 Å². The number of rotatable bonds is 1. The molecule has 88 valence electrons. The third-order valence-electron chi connectivity index (χ3n) is 3.81. The van der Waals surface area contributed by atoms with E-state index in [1.54, 1.807) is 0 Å². The predicted octanol–water partition coefficient (Wildman–Crippen LogP) is 5.25. The van der Waals surface area contributed by atoms with Crippen LogP contribution in [0.15, 0.2) is 49.0 Å². The Balaban J connectivity index is 2.66. The summed E-state index contributed by atoms with van der Waals surface area (Å²) in [7, 11) is 0. The first-order chi connectivity index (χ1) is 8.72. The molecule has 0 nitrogen and oxygen atoms in total. The lowest BCUT2D eigenvalue weighted by molar-refractivity contribution is 1.38. The average molecular weight is 232 g/mol. The summed E-state index contributed by atoms with van der Waals surface area (Å²) in [5, 5.41) is 5.28. The van der Waals surface area contributed by atoms with E-state index in [9.17, 15) is 0 Å². The van der Waals surface area contributed by atoms with Gasteiger partial charge in [0.25, 0.3) is 0 Å². The van der Waals surface area contributed by atoms with E-state index in [0.29, 0.717) is 0 Å². The Kier molecular flexibility index (Phi) is 2.45. The van der Waals surface area contributed by atoms with Gasteiger partial charge in [0, 0.05) is 0 Å². The van der Waals surface area contributed by atoms with Crippen LogP contribution in [0, 0.1) is 13.8 Å². The van der Waals surface area contributed by atoms with Gasteiger partial charge in [-0.25, -0.2) is 0 Å². The van der Waals surface area contributed by atoms with Crippen molar-refractivity contribution in [3.05, 3.63) is 65.7 Å². The molecule has 0 atom stereocenters. The summed E-state index contributed by atoms with van der Waals surface area (Å²) in [5.41, 5.74) is 3.92. The molecule has 0 bridgehead atoms. The fourth-order valence-electron chi connectivity index (χ4n) is 2.67. The van der Waals surface area contributed by atoms with Crippen molar-refractivity contribution < 1.29 is 0 Å². The van der Waals surface area contributed by atoms with Gasteiger partial charge in [0.2, 0.25) is 0 Å². The normalized spacial score (nSPS) is 11.0. The van der Waals surface area contributed by atoms with Crippen LogP contribution in [-0.2, 0) is 0 Å². The van der Waals surface area contributed by atoms with Gasteiger partial charge in [-0.1, -0.05) is 55.1 Å². The van der Waals surface area contributed by atoms with Gasteiger partial charge >= 0.3 is 0 Å². The van der Waals surface area contributed by atoms with E-state index in [2.05, 4.69) is 62.9 Å². The van der Waals surface area contributed by atoms with Gasteiger partial charge in [-0.05, 0) is 52.1 Å². The minimum atomic E-state index is 1.21. The van der Waals surface area contributed by atoms with Gasteiger partial charge in [-0.3, -0.25) is 0 Å². The minimum Gasteiger partial charge on any atom is -0.0984 e. The molecule has 0 saturated heterocycles. The van der Waals surface area contributed by atoms with Gasteiger partial charge in [0.05, 0.1) is 0 Å². The molecule has 0 radical (unpaired) electrons. The van der Waals surface area contributed by atoms with Crippen LogP contribution in [-0.4, -0.2) is 0 Å². The van der Waals surface area contributed by atoms with Crippen molar-refractivity contribution in [3.8, 4) is 0 Å². The predicted molar refractivity (Wildman–Crippen MR) is 81.0 cm³/mol. The first-order valence-corrected chi connectivity index (χ1v) is 6.26. The molecule has 3 aromatic carbocycles. The summed E-state index contributed by atoms with van der Waals surface area (Å²) in [4.78, 5) is 0. The molecule has 3 rings (SSSR count). The average Bonchev–Trinajstić information content (AvgIpc) is 2.41. The zero-order valence-corrected chi connectivity index (χ0v) is 10.8. The van der Waals surface area contributed by atoms with Crippen molar-refractivity contribution >= 4 is 27.6 Å². The summed E-state index contributed by atoms with van der Waals surface area (Å²) >= 11 is 0. The zero-order valence-electron chi connectivity index (χ0n) is 10.8. The first-order valence-electron chi connectivity index (χ1n) is 6.26. The molecule has 0 N–H and O–H groups in total. The van der Waals surface area contributed by atoms with Crippen molar-refractivity contribution in [1.82, 2.24) is 0 Å². The molecule has 0 amide bonds. The van der Waals surface area contributed by atoms with Crippen molar-refractivity contribution in [1.29, 1.82) is 0 Å². The Hall–Kier alpha value is -2.08.